The lowest BCUT2D eigenvalue weighted by molar-refractivity contribution is -0.346. The van der Waals surface area contributed by atoms with Gasteiger partial charge in [0.15, 0.2) is 0 Å². The van der Waals surface area contributed by atoms with Gasteiger partial charge in [-0.2, -0.15) is 0 Å². The van der Waals surface area contributed by atoms with Gasteiger partial charge < -0.3 is 25.4 Å². The summed E-state index contributed by atoms with van der Waals surface area (Å²) in [6.07, 6.45) is 6.54. The van der Waals surface area contributed by atoms with Gasteiger partial charge in [0.1, 0.15) is 6.54 Å². The van der Waals surface area contributed by atoms with Crippen molar-refractivity contribution in [3.8, 4) is 0 Å². The number of benzene rings is 1. The van der Waals surface area contributed by atoms with Gasteiger partial charge in [-0.3, -0.25) is 14.9 Å². The van der Waals surface area contributed by atoms with Gasteiger partial charge in [0, 0.05) is 31.4 Å². The van der Waals surface area contributed by atoms with Crippen LogP contribution in [0.3, 0.4) is 0 Å². The van der Waals surface area contributed by atoms with Crippen LogP contribution < -0.4 is 25.8 Å². The zero-order valence-electron chi connectivity index (χ0n) is 20.3. The number of anilines is 4. The quantitative estimate of drug-likeness (QED) is 0.375. The van der Waals surface area contributed by atoms with Crippen molar-refractivity contribution in [2.45, 2.75) is 38.1 Å². The average molecular weight is 478 g/mol. The molecule has 1 aliphatic heterocycles. The molecule has 2 amide bonds. The van der Waals surface area contributed by atoms with Crippen molar-refractivity contribution < 1.29 is 14.6 Å². The van der Waals surface area contributed by atoms with E-state index in [1.165, 1.54) is 19.3 Å². The molecule has 10 heteroatoms. The summed E-state index contributed by atoms with van der Waals surface area (Å²) >= 11 is 0. The number of aromatic amines is 2. The van der Waals surface area contributed by atoms with E-state index < -0.39 is 0 Å². The van der Waals surface area contributed by atoms with Crippen LogP contribution >= 0.6 is 0 Å². The Kier molecular flexibility index (Phi) is 6.54. The Bertz CT molecular complexity index is 1230. The molecule has 3 aromatic rings. The summed E-state index contributed by atoms with van der Waals surface area (Å²) in [5.74, 6) is 1.41. The molecule has 0 saturated heterocycles. The maximum atomic E-state index is 12.6. The van der Waals surface area contributed by atoms with Gasteiger partial charge in [0.2, 0.25) is 23.3 Å². The second kappa shape index (κ2) is 9.91. The topological polar surface area (TPSA) is 120 Å². The first kappa shape index (κ1) is 23.1. The van der Waals surface area contributed by atoms with Crippen LogP contribution in [0.15, 0.2) is 30.5 Å². The number of carbonyl (C=O) groups excluding carboxylic acids is 2. The van der Waals surface area contributed by atoms with E-state index in [1.807, 2.05) is 49.5 Å². The number of carbonyl (C=O) groups is 2. The number of fused-ring (bicyclic) bond motifs is 2. The van der Waals surface area contributed by atoms with Crippen LogP contribution in [-0.2, 0) is 16.0 Å². The van der Waals surface area contributed by atoms with Crippen LogP contribution in [0, 0.1) is 0 Å². The molecule has 2 aromatic heterocycles. The number of nitrogens with zero attached hydrogens (tertiary/aromatic N) is 3. The zero-order chi connectivity index (χ0) is 24.4. The number of nitrogens with one attached hydrogen (secondary N) is 5. The molecule has 0 radical (unpaired) electrons. The molecule has 0 unspecified atom stereocenters. The van der Waals surface area contributed by atoms with Crippen LogP contribution in [0.1, 0.15) is 31.2 Å². The minimum Gasteiger partial charge on any atom is -0.353 e. The maximum Gasteiger partial charge on any atom is 0.351 e. The zero-order valence-corrected chi connectivity index (χ0v) is 20.3. The van der Waals surface area contributed by atoms with E-state index in [0.29, 0.717) is 31.4 Å². The highest BCUT2D eigenvalue weighted by Crippen LogP contribution is 2.31. The number of hydrogen-bond acceptors (Lipinski definition) is 6. The van der Waals surface area contributed by atoms with E-state index >= 15 is 0 Å². The Morgan fingerprint density at radius 3 is 2.89 bits per heavy atom. The Morgan fingerprint density at radius 1 is 1.26 bits per heavy atom. The van der Waals surface area contributed by atoms with E-state index in [1.54, 1.807) is 4.90 Å². The number of rotatable bonds is 9. The van der Waals surface area contributed by atoms with Crippen molar-refractivity contribution in [3.63, 3.8) is 0 Å². The number of amides is 2. The number of aromatic nitrogens is 3. The second-order valence-corrected chi connectivity index (χ2v) is 9.57. The minimum atomic E-state index is -0.153. The fourth-order valence-electron chi connectivity index (χ4n) is 4.48. The highest BCUT2D eigenvalue weighted by molar-refractivity contribution is 6.01. The van der Waals surface area contributed by atoms with Crippen molar-refractivity contribution in [1.29, 1.82) is 0 Å². The van der Waals surface area contributed by atoms with Crippen LogP contribution in [-0.4, -0.2) is 66.5 Å². The third kappa shape index (κ3) is 5.22. The molecule has 1 aromatic carbocycles. The number of hydrogen-bond donors (Lipinski definition) is 4. The molecule has 35 heavy (non-hydrogen) atoms. The molecule has 0 spiro atoms. The van der Waals surface area contributed by atoms with Crippen LogP contribution in [0.25, 0.3) is 11.0 Å². The lowest BCUT2D eigenvalue weighted by atomic mass is 9.93. The van der Waals surface area contributed by atoms with E-state index in [-0.39, 0.29) is 18.4 Å². The lowest BCUT2D eigenvalue weighted by Crippen LogP contribution is -2.44. The lowest BCUT2D eigenvalue weighted by Gasteiger charge is -2.29. The van der Waals surface area contributed by atoms with Gasteiger partial charge in [-0.25, -0.2) is 4.98 Å². The minimum absolute atomic E-state index is 0.0279. The number of aryl methyl sites for hydroxylation is 1. The summed E-state index contributed by atoms with van der Waals surface area (Å²) in [4.78, 5) is 39.9. The van der Waals surface area contributed by atoms with Crippen LogP contribution in [0.4, 0.5) is 23.1 Å². The van der Waals surface area contributed by atoms with Crippen LogP contribution in [0.2, 0.25) is 0 Å². The molecule has 0 bridgehead atoms. The summed E-state index contributed by atoms with van der Waals surface area (Å²) in [5, 5.41) is 10.9. The Labute approximate surface area is 204 Å². The molecule has 184 valence electrons. The first-order valence-electron chi connectivity index (χ1n) is 12.2. The van der Waals surface area contributed by atoms with Gasteiger partial charge in [0.05, 0.1) is 17.1 Å². The molecule has 2 aliphatic rings. The largest absolute Gasteiger partial charge is 0.353 e. The summed E-state index contributed by atoms with van der Waals surface area (Å²) < 4.78 is 0. The van der Waals surface area contributed by atoms with Gasteiger partial charge in [-0.15, -0.1) is 0 Å². The van der Waals surface area contributed by atoms with Gasteiger partial charge >= 0.3 is 5.95 Å². The number of H-pyrrole nitrogens is 2. The monoisotopic (exact) mass is 477 g/mol. The molecular formula is C25H33N8O2+. The van der Waals surface area contributed by atoms with E-state index in [4.69, 9.17) is 0 Å². The fourth-order valence-corrected chi connectivity index (χ4v) is 4.48. The van der Waals surface area contributed by atoms with Crippen LogP contribution in [0.5, 0.6) is 0 Å². The van der Waals surface area contributed by atoms with Gasteiger partial charge in [0.25, 0.3) is 0 Å². The molecule has 10 nitrogen and oxygen atoms in total. The van der Waals surface area contributed by atoms with Crippen molar-refractivity contribution in [2.24, 2.45) is 0 Å². The molecule has 5 N–H and O–H groups in total. The third-order valence-electron chi connectivity index (χ3n) is 6.64. The third-order valence-corrected chi connectivity index (χ3v) is 6.64. The Morgan fingerprint density at radius 2 is 2.11 bits per heavy atom. The van der Waals surface area contributed by atoms with Crippen molar-refractivity contribution in [2.75, 3.05) is 49.3 Å². The predicted molar refractivity (Wildman–Crippen MR) is 136 cm³/mol. The van der Waals surface area contributed by atoms with Crippen molar-refractivity contribution in [3.05, 3.63) is 36.0 Å². The van der Waals surface area contributed by atoms with E-state index in [2.05, 4.69) is 30.9 Å². The molecule has 1 aliphatic carbocycles. The highest BCUT2D eigenvalue weighted by atomic mass is 16.2. The number of likely N-dealkylation sites (N-methyl/N-ethyl adjacent to an activating group) is 1. The summed E-state index contributed by atoms with van der Waals surface area (Å²) in [6.45, 7) is 1.33. The van der Waals surface area contributed by atoms with Gasteiger partial charge in [-0.1, -0.05) is 4.98 Å². The smallest absolute Gasteiger partial charge is 0.351 e. The summed E-state index contributed by atoms with van der Waals surface area (Å²) in [6, 6.07) is 8.37. The maximum absolute atomic E-state index is 12.6. The SMILES string of the molecule is CN(C)CCNC(=O)CN1C(=O)CCc2cc(Nc3nc4[nH]ccc4c(NC4CCC4)[nH+]3)ccc21. The predicted octanol–water partition coefficient (Wildman–Crippen LogP) is 2.04. The van der Waals surface area contributed by atoms with Crippen molar-refractivity contribution in [1.82, 2.24) is 20.2 Å². The van der Waals surface area contributed by atoms with E-state index in [0.717, 1.165) is 40.3 Å². The Hall–Kier alpha value is -3.66. The van der Waals surface area contributed by atoms with E-state index in [9.17, 15) is 9.59 Å². The highest BCUT2D eigenvalue weighted by Gasteiger charge is 2.27. The summed E-state index contributed by atoms with van der Waals surface area (Å²) in [7, 11) is 3.91. The molecule has 0 atom stereocenters. The standard InChI is InChI=1S/C25H32N8O2/c1-32(2)13-12-26-21(34)15-33-20-8-7-18(14-16(20)6-9-22(33)35)29-25-30-23-19(10-11-27-23)24(31-25)28-17-4-3-5-17/h7-8,10-11,14,17H,3-6,9,12-13,15H2,1-2H3,(H,26,34)(H3,27,28,29,30,31)/p+1. The first-order valence-corrected chi connectivity index (χ1v) is 12.2. The molecule has 1 saturated carbocycles. The molecular weight excluding hydrogens is 444 g/mol. The second-order valence-electron chi connectivity index (χ2n) is 9.57. The molecule has 1 fully saturated rings. The van der Waals surface area contributed by atoms with Crippen molar-refractivity contribution >= 4 is 46.0 Å². The summed E-state index contributed by atoms with van der Waals surface area (Å²) in [5.41, 5.74) is 3.50. The fraction of sp³-hybridized carbons (Fsp3) is 0.440. The first-order chi connectivity index (χ1) is 17.0. The Balaban J connectivity index is 1.32. The molecule has 3 heterocycles. The molecule has 5 rings (SSSR count). The van der Waals surface area contributed by atoms with Gasteiger partial charge in [-0.05, 0) is 69.6 Å². The average Bonchev–Trinajstić information content (AvgIpc) is 3.27. The normalized spacial score (nSPS) is 15.7.